The van der Waals surface area contributed by atoms with Gasteiger partial charge in [0.2, 0.25) is 0 Å². The summed E-state index contributed by atoms with van der Waals surface area (Å²) in [4.78, 5) is 5.20. The van der Waals surface area contributed by atoms with E-state index in [2.05, 4.69) is 42.8 Å². The first-order chi connectivity index (χ1) is 8.22. The Balaban J connectivity index is 2.37. The zero-order valence-electron chi connectivity index (χ0n) is 12.2. The van der Waals surface area contributed by atoms with Crippen molar-refractivity contribution in [2.24, 2.45) is 0 Å². The van der Waals surface area contributed by atoms with Crippen LogP contribution in [0, 0.1) is 0 Å². The molecule has 0 radical (unpaired) electrons. The molecule has 1 aliphatic heterocycles. The molecule has 3 heteroatoms. The van der Waals surface area contributed by atoms with E-state index in [0.717, 1.165) is 6.54 Å². The minimum absolute atomic E-state index is 0.656. The molecule has 102 valence electrons. The second-order valence-electron chi connectivity index (χ2n) is 5.18. The summed E-state index contributed by atoms with van der Waals surface area (Å²) in [5, 5.41) is 3.69. The van der Waals surface area contributed by atoms with Crippen LogP contribution in [0.2, 0.25) is 0 Å². The van der Waals surface area contributed by atoms with Crippen molar-refractivity contribution in [3.8, 4) is 0 Å². The molecule has 0 aromatic carbocycles. The molecule has 0 saturated carbocycles. The maximum absolute atomic E-state index is 3.69. The average Bonchev–Trinajstić information content (AvgIpc) is 2.39. The van der Waals surface area contributed by atoms with Gasteiger partial charge in [0.1, 0.15) is 0 Å². The topological polar surface area (TPSA) is 18.5 Å². The van der Waals surface area contributed by atoms with E-state index < -0.39 is 0 Å². The van der Waals surface area contributed by atoms with Gasteiger partial charge in [-0.3, -0.25) is 4.90 Å². The summed E-state index contributed by atoms with van der Waals surface area (Å²) in [6, 6.07) is 1.33. The highest BCUT2D eigenvalue weighted by Gasteiger charge is 2.24. The minimum Gasteiger partial charge on any atom is -0.312 e. The number of hydrogen-bond acceptors (Lipinski definition) is 3. The van der Waals surface area contributed by atoms with Crippen LogP contribution in [-0.2, 0) is 0 Å². The molecule has 1 heterocycles. The largest absolute Gasteiger partial charge is 0.312 e. The molecule has 0 bridgehead atoms. The zero-order valence-corrected chi connectivity index (χ0v) is 12.2. The van der Waals surface area contributed by atoms with Gasteiger partial charge in [0, 0.05) is 38.3 Å². The number of hydrogen-bond donors (Lipinski definition) is 1. The summed E-state index contributed by atoms with van der Waals surface area (Å²) in [5.41, 5.74) is 0. The Morgan fingerprint density at radius 3 is 2.18 bits per heavy atom. The predicted molar refractivity (Wildman–Crippen MR) is 75.5 cm³/mol. The van der Waals surface area contributed by atoms with Crippen LogP contribution in [-0.4, -0.2) is 61.2 Å². The third-order valence-electron chi connectivity index (χ3n) is 4.11. The third-order valence-corrected chi connectivity index (χ3v) is 4.11. The van der Waals surface area contributed by atoms with E-state index >= 15 is 0 Å². The summed E-state index contributed by atoms with van der Waals surface area (Å²) in [6.45, 7) is 16.5. The van der Waals surface area contributed by atoms with Gasteiger partial charge in [0.25, 0.3) is 0 Å². The van der Waals surface area contributed by atoms with Crippen molar-refractivity contribution in [3.05, 3.63) is 0 Å². The molecule has 1 rings (SSSR count). The maximum Gasteiger partial charge on any atom is 0.0222 e. The molecular formula is C14H31N3. The van der Waals surface area contributed by atoms with Gasteiger partial charge in [-0.2, -0.15) is 0 Å². The fourth-order valence-corrected chi connectivity index (χ4v) is 2.73. The molecule has 2 atom stereocenters. The van der Waals surface area contributed by atoms with Crippen LogP contribution in [0.25, 0.3) is 0 Å². The molecule has 17 heavy (non-hydrogen) atoms. The van der Waals surface area contributed by atoms with Crippen molar-refractivity contribution in [3.63, 3.8) is 0 Å². The van der Waals surface area contributed by atoms with E-state index in [0.29, 0.717) is 12.1 Å². The molecule has 0 amide bonds. The maximum atomic E-state index is 3.69. The van der Waals surface area contributed by atoms with Crippen LogP contribution in [0.15, 0.2) is 0 Å². The Kier molecular flexibility index (Phi) is 7.09. The molecular weight excluding hydrogens is 210 g/mol. The first-order valence-electron chi connectivity index (χ1n) is 7.42. The lowest BCUT2D eigenvalue weighted by molar-refractivity contribution is 0.0877. The standard InChI is InChI=1S/C14H31N3/c1-5-8-15-14(6-2)13(4)17-11-9-16(7-3)10-12-17/h13-15H,5-12H2,1-4H3. The second kappa shape index (κ2) is 8.06. The molecule has 0 aliphatic carbocycles. The fourth-order valence-electron chi connectivity index (χ4n) is 2.73. The molecule has 1 saturated heterocycles. The van der Waals surface area contributed by atoms with E-state index in [1.54, 1.807) is 0 Å². The number of nitrogens with zero attached hydrogens (tertiary/aromatic N) is 2. The van der Waals surface area contributed by atoms with Gasteiger partial charge in [-0.15, -0.1) is 0 Å². The highest BCUT2D eigenvalue weighted by atomic mass is 15.3. The lowest BCUT2D eigenvalue weighted by Crippen LogP contribution is -2.55. The summed E-state index contributed by atoms with van der Waals surface area (Å²) < 4.78 is 0. The quantitative estimate of drug-likeness (QED) is 0.733. The lowest BCUT2D eigenvalue weighted by Gasteiger charge is -2.40. The van der Waals surface area contributed by atoms with Crippen molar-refractivity contribution in [1.82, 2.24) is 15.1 Å². The van der Waals surface area contributed by atoms with Gasteiger partial charge in [-0.05, 0) is 32.9 Å². The van der Waals surface area contributed by atoms with Crippen molar-refractivity contribution >= 4 is 0 Å². The van der Waals surface area contributed by atoms with Gasteiger partial charge >= 0.3 is 0 Å². The molecule has 3 nitrogen and oxygen atoms in total. The van der Waals surface area contributed by atoms with Crippen LogP contribution < -0.4 is 5.32 Å². The van der Waals surface area contributed by atoms with Gasteiger partial charge < -0.3 is 10.2 Å². The van der Waals surface area contributed by atoms with Crippen molar-refractivity contribution in [1.29, 1.82) is 0 Å². The van der Waals surface area contributed by atoms with E-state index in [4.69, 9.17) is 0 Å². The molecule has 0 aromatic heterocycles. The summed E-state index contributed by atoms with van der Waals surface area (Å²) in [6.07, 6.45) is 2.46. The predicted octanol–water partition coefficient (Wildman–Crippen LogP) is 1.79. The van der Waals surface area contributed by atoms with E-state index in [-0.39, 0.29) is 0 Å². The van der Waals surface area contributed by atoms with Crippen LogP contribution in [0.5, 0.6) is 0 Å². The van der Waals surface area contributed by atoms with E-state index in [1.807, 2.05) is 0 Å². The number of piperazine rings is 1. The highest BCUT2D eigenvalue weighted by Crippen LogP contribution is 2.11. The molecule has 0 aromatic rings. The smallest absolute Gasteiger partial charge is 0.0222 e. The van der Waals surface area contributed by atoms with E-state index in [1.165, 1.54) is 45.6 Å². The van der Waals surface area contributed by atoms with Crippen LogP contribution >= 0.6 is 0 Å². The second-order valence-corrected chi connectivity index (χ2v) is 5.18. The summed E-state index contributed by atoms with van der Waals surface area (Å²) >= 11 is 0. The first-order valence-corrected chi connectivity index (χ1v) is 7.42. The van der Waals surface area contributed by atoms with Crippen molar-refractivity contribution < 1.29 is 0 Å². The Morgan fingerprint density at radius 2 is 1.71 bits per heavy atom. The monoisotopic (exact) mass is 241 g/mol. The van der Waals surface area contributed by atoms with Crippen LogP contribution in [0.1, 0.15) is 40.5 Å². The highest BCUT2D eigenvalue weighted by molar-refractivity contribution is 4.83. The van der Waals surface area contributed by atoms with Gasteiger partial charge in [0.15, 0.2) is 0 Å². The lowest BCUT2D eigenvalue weighted by atomic mass is 10.0. The molecule has 1 N–H and O–H groups in total. The van der Waals surface area contributed by atoms with Crippen molar-refractivity contribution in [2.75, 3.05) is 39.3 Å². The van der Waals surface area contributed by atoms with Crippen molar-refractivity contribution in [2.45, 2.75) is 52.6 Å². The van der Waals surface area contributed by atoms with E-state index in [9.17, 15) is 0 Å². The molecule has 0 spiro atoms. The van der Waals surface area contributed by atoms with Gasteiger partial charge in [-0.1, -0.05) is 20.8 Å². The Hall–Kier alpha value is -0.120. The van der Waals surface area contributed by atoms with Gasteiger partial charge in [0.05, 0.1) is 0 Å². The summed E-state index contributed by atoms with van der Waals surface area (Å²) in [5.74, 6) is 0. The number of nitrogens with one attached hydrogen (secondary N) is 1. The molecule has 1 aliphatic rings. The normalized spacial score (nSPS) is 22.6. The van der Waals surface area contributed by atoms with Crippen LogP contribution in [0.3, 0.4) is 0 Å². The Bertz CT molecular complexity index is 188. The molecule has 2 unspecified atom stereocenters. The third kappa shape index (κ3) is 4.57. The Labute approximate surface area is 108 Å². The SMILES string of the molecule is CCCNC(CC)C(C)N1CCN(CC)CC1. The van der Waals surface area contributed by atoms with Gasteiger partial charge in [-0.25, -0.2) is 0 Å². The minimum atomic E-state index is 0.656. The summed E-state index contributed by atoms with van der Waals surface area (Å²) in [7, 11) is 0. The number of rotatable bonds is 7. The first kappa shape index (κ1) is 14.9. The molecule has 1 fully saturated rings. The average molecular weight is 241 g/mol. The zero-order chi connectivity index (χ0) is 12.7. The van der Waals surface area contributed by atoms with Crippen LogP contribution in [0.4, 0.5) is 0 Å². The fraction of sp³-hybridized carbons (Fsp3) is 1.00. The Morgan fingerprint density at radius 1 is 1.06 bits per heavy atom. The number of likely N-dealkylation sites (N-methyl/N-ethyl adjacent to an activating group) is 1.